The second kappa shape index (κ2) is 13.4. The summed E-state index contributed by atoms with van der Waals surface area (Å²) in [4.78, 5) is 0.895. The van der Waals surface area contributed by atoms with Crippen molar-refractivity contribution < 1.29 is 30.5 Å². The summed E-state index contributed by atoms with van der Waals surface area (Å²) in [6.07, 6.45) is 5.30. The van der Waals surface area contributed by atoms with Crippen molar-refractivity contribution in [3.8, 4) is 0 Å². The van der Waals surface area contributed by atoms with Gasteiger partial charge >= 0.3 is 0 Å². The maximum atomic E-state index is 12.8. The lowest BCUT2D eigenvalue weighted by Crippen LogP contribution is -2.27. The van der Waals surface area contributed by atoms with E-state index in [4.69, 9.17) is 0 Å². The Kier molecular flexibility index (Phi) is 9.52. The van der Waals surface area contributed by atoms with E-state index in [-0.39, 0.29) is 10.8 Å². The number of aryl methyl sites for hydroxylation is 2. The van der Waals surface area contributed by atoms with E-state index in [9.17, 15) is 25.9 Å². The molecule has 2 aliphatic rings. The van der Waals surface area contributed by atoms with E-state index in [0.717, 1.165) is 48.8 Å². The molecule has 52 heavy (non-hydrogen) atoms. The van der Waals surface area contributed by atoms with Crippen LogP contribution in [-0.4, -0.2) is 42.8 Å². The van der Waals surface area contributed by atoms with Crippen molar-refractivity contribution in [1.82, 2.24) is 0 Å². The minimum Gasteiger partial charge on any atom is -0.305 e. The van der Waals surface area contributed by atoms with Crippen molar-refractivity contribution in [3.63, 3.8) is 0 Å². The van der Waals surface area contributed by atoms with Crippen molar-refractivity contribution in [3.05, 3.63) is 124 Å². The SMILES string of the molecule is CCCCC[N+]1=C(C=C=C=C=C=C2N(c3cccc(C)c3)c3cc(S(=O)(=O)O)c4cc(S(=O)(=O)O)ccc4c3C2(C)C)C(C)(C)c2cc(C)ccc21. The predicted molar refractivity (Wildman–Crippen MR) is 206 cm³/mol. The molecule has 0 atom stereocenters. The summed E-state index contributed by atoms with van der Waals surface area (Å²) >= 11 is 0. The van der Waals surface area contributed by atoms with Crippen LogP contribution in [-0.2, 0) is 31.1 Å². The van der Waals surface area contributed by atoms with Crippen LogP contribution in [0.25, 0.3) is 10.8 Å². The monoisotopic (exact) mass is 735 g/mol. The topological polar surface area (TPSA) is 115 Å². The lowest BCUT2D eigenvalue weighted by Gasteiger charge is -2.25. The molecule has 0 amide bonds. The van der Waals surface area contributed by atoms with Crippen molar-refractivity contribution in [1.29, 1.82) is 0 Å². The summed E-state index contributed by atoms with van der Waals surface area (Å²) in [6.45, 7) is 15.5. The Hall–Kier alpha value is -4.71. The molecular weight excluding hydrogens is 693 g/mol. The Morgan fingerprint density at radius 1 is 0.808 bits per heavy atom. The molecule has 10 heteroatoms. The third-order valence-electron chi connectivity index (χ3n) is 10.1. The van der Waals surface area contributed by atoms with Crippen molar-refractivity contribution in [2.45, 2.75) is 88.3 Å². The highest BCUT2D eigenvalue weighted by Gasteiger charge is 2.45. The maximum absolute atomic E-state index is 12.8. The first-order chi connectivity index (χ1) is 24.4. The summed E-state index contributed by atoms with van der Waals surface area (Å²) in [5.41, 5.74) is 19.8. The summed E-state index contributed by atoms with van der Waals surface area (Å²) < 4.78 is 72.2. The second-order valence-corrected chi connectivity index (χ2v) is 17.4. The number of allylic oxidation sites excluding steroid dienone is 2. The molecule has 0 radical (unpaired) electrons. The molecule has 0 saturated heterocycles. The smallest absolute Gasteiger partial charge is 0.295 e. The third-order valence-corrected chi connectivity index (χ3v) is 11.9. The Bertz CT molecular complexity index is 2610. The first-order valence-corrected chi connectivity index (χ1v) is 20.2. The minimum atomic E-state index is -4.84. The Balaban J connectivity index is 1.61. The molecule has 0 fully saturated rings. The number of unbranched alkanes of at least 4 members (excludes halogenated alkanes) is 2. The van der Waals surface area contributed by atoms with Gasteiger partial charge in [-0.15, -0.1) is 0 Å². The average Bonchev–Trinajstić information content (AvgIpc) is 3.41. The number of hydrogen-bond acceptors (Lipinski definition) is 5. The van der Waals surface area contributed by atoms with E-state index >= 15 is 0 Å². The summed E-state index contributed by atoms with van der Waals surface area (Å²) in [5, 5.41) is 0.363. The predicted octanol–water partition coefficient (Wildman–Crippen LogP) is 9.15. The van der Waals surface area contributed by atoms with E-state index in [1.165, 1.54) is 35.0 Å². The van der Waals surface area contributed by atoms with Crippen LogP contribution in [0.5, 0.6) is 0 Å². The number of anilines is 2. The fourth-order valence-electron chi connectivity index (χ4n) is 7.57. The first-order valence-electron chi connectivity index (χ1n) is 17.3. The van der Waals surface area contributed by atoms with Crippen LogP contribution in [0.2, 0.25) is 0 Å². The molecule has 0 spiro atoms. The number of hydrogen-bond donors (Lipinski definition) is 2. The van der Waals surface area contributed by atoms with Crippen LogP contribution < -0.4 is 4.90 Å². The highest BCUT2D eigenvalue weighted by atomic mass is 32.2. The zero-order chi connectivity index (χ0) is 37.8. The molecule has 6 rings (SSSR count). The zero-order valence-corrected chi connectivity index (χ0v) is 32.1. The standard InChI is InChI=1S/C42H42N2O6S2/c1-8-9-13-23-43-35-22-19-29(3)25-34(35)41(4,5)38(43)17-11-10-12-18-39-42(6,7)40-32-21-20-31(51(45,46)47)26-33(32)37(52(48,49)50)27-36(40)44(39)30-16-14-15-28(2)24-30/h14-17,19-22,24-27H,8-9,13,23H2,1-7H3,(H-,45,46,47,48,49,50)/p+1. The Morgan fingerprint density at radius 2 is 1.54 bits per heavy atom. The Labute approximate surface area is 306 Å². The van der Waals surface area contributed by atoms with E-state index in [0.29, 0.717) is 22.3 Å². The van der Waals surface area contributed by atoms with Gasteiger partial charge in [0.1, 0.15) is 11.4 Å². The number of rotatable bonds is 8. The van der Waals surface area contributed by atoms with Gasteiger partial charge in [0.05, 0.1) is 27.8 Å². The van der Waals surface area contributed by atoms with Crippen molar-refractivity contribution in [2.75, 3.05) is 11.4 Å². The molecule has 0 saturated carbocycles. The summed E-state index contributed by atoms with van der Waals surface area (Å²) in [6, 6.07) is 19.4. The average molecular weight is 736 g/mol. The van der Waals surface area contributed by atoms with Crippen molar-refractivity contribution >= 4 is 53.8 Å². The quantitative estimate of drug-likeness (QED) is 0.0803. The highest BCUT2D eigenvalue weighted by molar-refractivity contribution is 7.86. The summed E-state index contributed by atoms with van der Waals surface area (Å²) in [7, 11) is -9.50. The third kappa shape index (κ3) is 6.57. The van der Waals surface area contributed by atoms with Crippen LogP contribution >= 0.6 is 0 Å². The number of fused-ring (bicyclic) bond motifs is 4. The lowest BCUT2D eigenvalue weighted by molar-refractivity contribution is -0.438. The van der Waals surface area contributed by atoms with E-state index in [1.807, 2.05) is 56.0 Å². The fraction of sp³-hybridized carbons (Fsp3) is 0.310. The van der Waals surface area contributed by atoms with Crippen LogP contribution in [0.4, 0.5) is 17.1 Å². The van der Waals surface area contributed by atoms with Gasteiger partial charge in [0.25, 0.3) is 20.2 Å². The van der Waals surface area contributed by atoms with Crippen LogP contribution in [0.1, 0.15) is 76.1 Å². The molecule has 4 aromatic carbocycles. The Morgan fingerprint density at radius 3 is 2.21 bits per heavy atom. The molecule has 2 heterocycles. The molecule has 4 aromatic rings. The second-order valence-electron chi connectivity index (χ2n) is 14.6. The molecule has 0 unspecified atom stereocenters. The van der Waals surface area contributed by atoms with Crippen molar-refractivity contribution in [2.24, 2.45) is 0 Å². The highest BCUT2D eigenvalue weighted by Crippen LogP contribution is 2.54. The van der Waals surface area contributed by atoms with Gasteiger partial charge in [-0.2, -0.15) is 21.4 Å². The van der Waals surface area contributed by atoms with Crippen LogP contribution in [0.15, 0.2) is 111 Å². The molecular formula is C42H43N2O6S2+. The fourth-order valence-corrected chi connectivity index (χ4v) is 8.79. The molecule has 268 valence electrons. The summed E-state index contributed by atoms with van der Waals surface area (Å²) in [5.74, 6) is 0. The van der Waals surface area contributed by atoms with Gasteiger partial charge in [0.15, 0.2) is 0 Å². The minimum absolute atomic E-state index is 0.0341. The zero-order valence-electron chi connectivity index (χ0n) is 30.5. The van der Waals surface area contributed by atoms with E-state index in [2.05, 4.69) is 73.4 Å². The van der Waals surface area contributed by atoms with Gasteiger partial charge in [0.2, 0.25) is 11.4 Å². The van der Waals surface area contributed by atoms with Gasteiger partial charge < -0.3 is 4.90 Å². The normalized spacial score (nSPS) is 15.9. The van der Waals surface area contributed by atoms with Gasteiger partial charge in [-0.3, -0.25) is 9.11 Å². The molecule has 0 bridgehead atoms. The van der Waals surface area contributed by atoms with Gasteiger partial charge in [-0.1, -0.05) is 48.9 Å². The molecule has 0 aliphatic carbocycles. The number of benzene rings is 4. The van der Waals surface area contributed by atoms with Gasteiger partial charge in [-0.05, 0) is 118 Å². The molecule has 2 aliphatic heterocycles. The van der Waals surface area contributed by atoms with E-state index in [1.54, 1.807) is 0 Å². The first kappa shape index (κ1) is 37.1. The lowest BCUT2D eigenvalue weighted by atomic mass is 9.81. The van der Waals surface area contributed by atoms with Gasteiger partial charge in [0, 0.05) is 34.5 Å². The molecule has 0 aromatic heterocycles. The largest absolute Gasteiger partial charge is 0.305 e. The molecule has 2 N–H and O–H groups in total. The van der Waals surface area contributed by atoms with E-state index < -0.39 is 35.4 Å². The molecule has 8 nitrogen and oxygen atoms in total. The number of nitrogens with zero attached hydrogens (tertiary/aromatic N) is 2. The van der Waals surface area contributed by atoms with Crippen LogP contribution in [0.3, 0.4) is 0 Å². The maximum Gasteiger partial charge on any atom is 0.295 e. The van der Waals surface area contributed by atoms with Gasteiger partial charge in [-0.25, -0.2) is 0 Å². The van der Waals surface area contributed by atoms with Crippen LogP contribution in [0, 0.1) is 13.8 Å².